The Hall–Kier alpha value is -0.570. The summed E-state index contributed by atoms with van der Waals surface area (Å²) in [6, 6.07) is 0. The quantitative estimate of drug-likeness (QED) is 0.580. The van der Waals surface area contributed by atoms with Crippen molar-refractivity contribution in [1.29, 1.82) is 0 Å². The lowest BCUT2D eigenvalue weighted by Crippen LogP contribution is -2.26. The topological polar surface area (TPSA) is 35.5 Å². The molecule has 0 aromatic carbocycles. The molecule has 0 aliphatic carbocycles. The molecule has 0 aliphatic heterocycles. The van der Waals surface area contributed by atoms with Gasteiger partial charge in [0.1, 0.15) is 0 Å². The van der Waals surface area contributed by atoms with Gasteiger partial charge in [-0.3, -0.25) is 4.79 Å². The number of ether oxygens (including phenoxy) is 2. The molecule has 0 bridgehead atoms. The van der Waals surface area contributed by atoms with Gasteiger partial charge >= 0.3 is 5.97 Å². The van der Waals surface area contributed by atoms with Crippen molar-refractivity contribution in [1.82, 2.24) is 0 Å². The zero-order valence-corrected chi connectivity index (χ0v) is 7.64. The lowest BCUT2D eigenvalue weighted by molar-refractivity contribution is -0.151. The molecule has 0 fully saturated rings. The second-order valence-electron chi connectivity index (χ2n) is 3.12. The minimum atomic E-state index is -0.426. The van der Waals surface area contributed by atoms with Crippen LogP contribution < -0.4 is 0 Å². The highest BCUT2D eigenvalue weighted by molar-refractivity contribution is 5.75. The molecule has 0 spiro atoms. The minimum absolute atomic E-state index is 0.186. The van der Waals surface area contributed by atoms with Gasteiger partial charge in [0.2, 0.25) is 0 Å². The van der Waals surface area contributed by atoms with Crippen molar-refractivity contribution in [3.8, 4) is 0 Å². The maximum absolute atomic E-state index is 11.1. The SMILES string of the molecule is COCCC(C)(C)C(=O)OC. The molecule has 0 saturated carbocycles. The molecule has 0 aliphatic rings. The Morgan fingerprint density at radius 1 is 1.36 bits per heavy atom. The van der Waals surface area contributed by atoms with Gasteiger partial charge in [-0.25, -0.2) is 0 Å². The van der Waals surface area contributed by atoms with E-state index in [1.54, 1.807) is 7.11 Å². The van der Waals surface area contributed by atoms with Crippen LogP contribution in [-0.4, -0.2) is 26.8 Å². The third-order valence-electron chi connectivity index (χ3n) is 1.67. The lowest BCUT2D eigenvalue weighted by atomic mass is 9.90. The normalized spacial score (nSPS) is 11.3. The average Bonchev–Trinajstić information content (AvgIpc) is 1.99. The minimum Gasteiger partial charge on any atom is -0.469 e. The molecule has 0 atom stereocenters. The van der Waals surface area contributed by atoms with Crippen LogP contribution in [-0.2, 0) is 14.3 Å². The van der Waals surface area contributed by atoms with Crippen molar-refractivity contribution < 1.29 is 14.3 Å². The summed E-state index contributed by atoms with van der Waals surface area (Å²) in [4.78, 5) is 11.1. The summed E-state index contributed by atoms with van der Waals surface area (Å²) in [5.74, 6) is -0.186. The highest BCUT2D eigenvalue weighted by Gasteiger charge is 2.27. The Labute approximate surface area is 67.7 Å². The maximum Gasteiger partial charge on any atom is 0.311 e. The predicted octanol–water partition coefficient (Wildman–Crippen LogP) is 1.22. The molecular formula is C8H16O3. The van der Waals surface area contributed by atoms with E-state index in [0.29, 0.717) is 13.0 Å². The molecule has 0 aromatic heterocycles. The Kier molecular flexibility index (Phi) is 4.11. The molecule has 3 nitrogen and oxygen atoms in total. The molecular weight excluding hydrogens is 144 g/mol. The van der Waals surface area contributed by atoms with Gasteiger partial charge in [0.15, 0.2) is 0 Å². The molecule has 0 amide bonds. The van der Waals surface area contributed by atoms with E-state index in [9.17, 15) is 4.79 Å². The van der Waals surface area contributed by atoms with Gasteiger partial charge in [-0.2, -0.15) is 0 Å². The summed E-state index contributed by atoms with van der Waals surface area (Å²) in [5.41, 5.74) is -0.426. The van der Waals surface area contributed by atoms with Gasteiger partial charge in [0, 0.05) is 13.7 Å². The maximum atomic E-state index is 11.1. The third-order valence-corrected chi connectivity index (χ3v) is 1.67. The first kappa shape index (κ1) is 10.4. The van der Waals surface area contributed by atoms with Crippen LogP contribution in [0.2, 0.25) is 0 Å². The molecule has 0 N–H and O–H groups in total. The number of hydrogen-bond acceptors (Lipinski definition) is 3. The molecule has 0 rings (SSSR count). The lowest BCUT2D eigenvalue weighted by Gasteiger charge is -2.20. The van der Waals surface area contributed by atoms with Gasteiger partial charge in [-0.15, -0.1) is 0 Å². The van der Waals surface area contributed by atoms with Gasteiger partial charge in [-0.05, 0) is 20.3 Å². The van der Waals surface area contributed by atoms with Crippen molar-refractivity contribution >= 4 is 5.97 Å². The Bertz CT molecular complexity index is 129. The van der Waals surface area contributed by atoms with E-state index in [-0.39, 0.29) is 5.97 Å². The van der Waals surface area contributed by atoms with E-state index in [0.717, 1.165) is 0 Å². The predicted molar refractivity (Wildman–Crippen MR) is 42.3 cm³/mol. The standard InChI is InChI=1S/C8H16O3/c1-8(2,5-6-10-3)7(9)11-4/h5-6H2,1-4H3. The fourth-order valence-corrected chi connectivity index (χ4v) is 0.736. The van der Waals surface area contributed by atoms with Gasteiger partial charge < -0.3 is 9.47 Å². The van der Waals surface area contributed by atoms with Crippen LogP contribution in [0.15, 0.2) is 0 Å². The van der Waals surface area contributed by atoms with Crippen LogP contribution in [0.25, 0.3) is 0 Å². The molecule has 0 aromatic rings. The van der Waals surface area contributed by atoms with E-state index < -0.39 is 5.41 Å². The Morgan fingerprint density at radius 3 is 2.27 bits per heavy atom. The van der Waals surface area contributed by atoms with Crippen LogP contribution in [0.4, 0.5) is 0 Å². The first-order valence-electron chi connectivity index (χ1n) is 3.62. The second-order valence-corrected chi connectivity index (χ2v) is 3.12. The van der Waals surface area contributed by atoms with Crippen molar-refractivity contribution in [2.75, 3.05) is 20.8 Å². The van der Waals surface area contributed by atoms with E-state index in [1.807, 2.05) is 13.8 Å². The molecule has 0 unspecified atom stereocenters. The molecule has 0 radical (unpaired) electrons. The monoisotopic (exact) mass is 160 g/mol. The highest BCUT2D eigenvalue weighted by Crippen LogP contribution is 2.21. The fraction of sp³-hybridized carbons (Fsp3) is 0.875. The average molecular weight is 160 g/mol. The Morgan fingerprint density at radius 2 is 1.91 bits per heavy atom. The van der Waals surface area contributed by atoms with Crippen LogP contribution in [0.5, 0.6) is 0 Å². The van der Waals surface area contributed by atoms with E-state index in [2.05, 4.69) is 4.74 Å². The summed E-state index contributed by atoms with van der Waals surface area (Å²) >= 11 is 0. The second kappa shape index (κ2) is 4.34. The highest BCUT2D eigenvalue weighted by atomic mass is 16.5. The van der Waals surface area contributed by atoms with Crippen molar-refractivity contribution in [3.63, 3.8) is 0 Å². The fourth-order valence-electron chi connectivity index (χ4n) is 0.736. The van der Waals surface area contributed by atoms with Gasteiger partial charge in [0.05, 0.1) is 12.5 Å². The summed E-state index contributed by atoms with van der Waals surface area (Å²) in [6.07, 6.45) is 0.691. The molecule has 0 heterocycles. The van der Waals surface area contributed by atoms with Crippen LogP contribution in [0.3, 0.4) is 0 Å². The van der Waals surface area contributed by atoms with Crippen LogP contribution in [0, 0.1) is 5.41 Å². The van der Waals surface area contributed by atoms with Crippen LogP contribution >= 0.6 is 0 Å². The number of carbonyl (C=O) groups is 1. The number of esters is 1. The van der Waals surface area contributed by atoms with Gasteiger partial charge in [-0.1, -0.05) is 0 Å². The summed E-state index contributed by atoms with van der Waals surface area (Å²) in [5, 5.41) is 0. The Balaban J connectivity index is 3.88. The molecule has 66 valence electrons. The summed E-state index contributed by atoms with van der Waals surface area (Å²) in [6.45, 7) is 4.28. The summed E-state index contributed by atoms with van der Waals surface area (Å²) in [7, 11) is 3.02. The third kappa shape index (κ3) is 3.37. The zero-order chi connectivity index (χ0) is 8.91. The first-order chi connectivity index (χ1) is 5.04. The van der Waals surface area contributed by atoms with Gasteiger partial charge in [0.25, 0.3) is 0 Å². The van der Waals surface area contributed by atoms with Crippen molar-refractivity contribution in [3.05, 3.63) is 0 Å². The van der Waals surface area contributed by atoms with Crippen LogP contribution in [0.1, 0.15) is 20.3 Å². The number of rotatable bonds is 4. The number of methoxy groups -OCH3 is 2. The largest absolute Gasteiger partial charge is 0.469 e. The molecule has 0 saturated heterocycles. The molecule has 3 heteroatoms. The van der Waals surface area contributed by atoms with E-state index in [1.165, 1.54) is 7.11 Å². The van der Waals surface area contributed by atoms with E-state index >= 15 is 0 Å². The van der Waals surface area contributed by atoms with Crippen molar-refractivity contribution in [2.45, 2.75) is 20.3 Å². The molecule has 11 heavy (non-hydrogen) atoms. The smallest absolute Gasteiger partial charge is 0.311 e. The number of hydrogen-bond donors (Lipinski definition) is 0. The number of carbonyl (C=O) groups excluding carboxylic acids is 1. The first-order valence-corrected chi connectivity index (χ1v) is 3.62. The summed E-state index contributed by atoms with van der Waals surface area (Å²) < 4.78 is 9.48. The van der Waals surface area contributed by atoms with E-state index in [4.69, 9.17) is 4.74 Å². The zero-order valence-electron chi connectivity index (χ0n) is 7.64. The van der Waals surface area contributed by atoms with Crippen molar-refractivity contribution in [2.24, 2.45) is 5.41 Å².